The fourth-order valence-electron chi connectivity index (χ4n) is 2.82. The topological polar surface area (TPSA) is 15.3 Å². The van der Waals surface area contributed by atoms with Crippen molar-refractivity contribution >= 4 is 11.6 Å². The van der Waals surface area contributed by atoms with E-state index in [1.165, 1.54) is 6.07 Å². The third kappa shape index (κ3) is 5.26. The van der Waals surface area contributed by atoms with E-state index in [9.17, 15) is 26.3 Å². The van der Waals surface area contributed by atoms with Crippen molar-refractivity contribution in [2.75, 3.05) is 26.2 Å². The van der Waals surface area contributed by atoms with E-state index in [1.807, 2.05) is 4.90 Å². The summed E-state index contributed by atoms with van der Waals surface area (Å²) in [5, 5.41) is 2.60. The van der Waals surface area contributed by atoms with Gasteiger partial charge in [0.2, 0.25) is 0 Å². The zero-order chi connectivity index (χ0) is 18.0. The SMILES string of the molecule is FC(F)(F)CC[C@@H](c1ccc(C(F)(F)F)c(Cl)c1)N1CCNCC1. The number of alkyl halides is 6. The van der Waals surface area contributed by atoms with E-state index >= 15 is 0 Å². The molecule has 24 heavy (non-hydrogen) atoms. The highest BCUT2D eigenvalue weighted by molar-refractivity contribution is 6.31. The molecular formula is C15H17ClF6N2. The zero-order valence-corrected chi connectivity index (χ0v) is 13.4. The van der Waals surface area contributed by atoms with Crippen LogP contribution in [0.15, 0.2) is 18.2 Å². The number of rotatable bonds is 4. The average molecular weight is 375 g/mol. The van der Waals surface area contributed by atoms with Crippen molar-refractivity contribution in [1.82, 2.24) is 10.2 Å². The van der Waals surface area contributed by atoms with Gasteiger partial charge in [0.05, 0.1) is 10.6 Å². The lowest BCUT2D eigenvalue weighted by atomic mass is 9.98. The lowest BCUT2D eigenvalue weighted by Gasteiger charge is -2.35. The predicted octanol–water partition coefficient (Wildman–Crippen LogP) is 4.65. The van der Waals surface area contributed by atoms with Crippen LogP contribution in [0.1, 0.15) is 30.0 Å². The van der Waals surface area contributed by atoms with E-state index < -0.39 is 35.4 Å². The zero-order valence-electron chi connectivity index (χ0n) is 12.6. The molecule has 9 heteroatoms. The minimum Gasteiger partial charge on any atom is -0.314 e. The summed E-state index contributed by atoms with van der Waals surface area (Å²) < 4.78 is 76.1. The highest BCUT2D eigenvalue weighted by Crippen LogP contribution is 2.38. The molecule has 1 N–H and O–H groups in total. The molecule has 1 aliphatic heterocycles. The van der Waals surface area contributed by atoms with Gasteiger partial charge in [0, 0.05) is 38.6 Å². The Kier molecular flexibility index (Phi) is 6.04. The molecule has 1 saturated heterocycles. The molecule has 1 aromatic carbocycles. The van der Waals surface area contributed by atoms with Crippen molar-refractivity contribution in [2.24, 2.45) is 0 Å². The molecule has 2 rings (SSSR count). The van der Waals surface area contributed by atoms with Crippen LogP contribution in [0, 0.1) is 0 Å². The Hall–Kier alpha value is -0.990. The maximum atomic E-state index is 12.8. The number of hydrogen-bond donors (Lipinski definition) is 1. The van der Waals surface area contributed by atoms with E-state index in [0.717, 1.165) is 12.1 Å². The van der Waals surface area contributed by atoms with E-state index in [0.29, 0.717) is 31.7 Å². The van der Waals surface area contributed by atoms with Gasteiger partial charge in [-0.05, 0) is 24.1 Å². The maximum absolute atomic E-state index is 12.8. The Morgan fingerprint density at radius 3 is 2.21 bits per heavy atom. The van der Waals surface area contributed by atoms with Crippen LogP contribution < -0.4 is 5.32 Å². The van der Waals surface area contributed by atoms with E-state index in [1.54, 1.807) is 0 Å². The van der Waals surface area contributed by atoms with Crippen molar-refractivity contribution in [1.29, 1.82) is 0 Å². The van der Waals surface area contributed by atoms with E-state index in [-0.39, 0.29) is 6.42 Å². The molecule has 0 spiro atoms. The molecule has 1 aromatic rings. The van der Waals surface area contributed by atoms with Crippen LogP contribution in [-0.2, 0) is 6.18 Å². The third-order valence-corrected chi connectivity index (χ3v) is 4.29. The Morgan fingerprint density at radius 2 is 1.71 bits per heavy atom. The largest absolute Gasteiger partial charge is 0.417 e. The van der Waals surface area contributed by atoms with Gasteiger partial charge >= 0.3 is 12.4 Å². The molecule has 1 heterocycles. The molecule has 1 atom stereocenters. The summed E-state index contributed by atoms with van der Waals surface area (Å²) >= 11 is 5.71. The standard InChI is InChI=1S/C15H17ClF6N2/c16-12-9-10(1-2-11(12)15(20,21)22)13(3-4-14(17,18)19)24-7-5-23-6-8-24/h1-2,9,13,23H,3-8H2/t13-/m0/s1. The van der Waals surface area contributed by atoms with Crippen molar-refractivity contribution < 1.29 is 26.3 Å². The molecule has 2 nitrogen and oxygen atoms in total. The van der Waals surface area contributed by atoms with Gasteiger partial charge in [0.15, 0.2) is 0 Å². The predicted molar refractivity (Wildman–Crippen MR) is 78.9 cm³/mol. The van der Waals surface area contributed by atoms with Crippen molar-refractivity contribution in [3.63, 3.8) is 0 Å². The summed E-state index contributed by atoms with van der Waals surface area (Å²) in [6.45, 7) is 2.30. The second kappa shape index (κ2) is 7.49. The van der Waals surface area contributed by atoms with Crippen LogP contribution in [0.4, 0.5) is 26.3 Å². The lowest BCUT2D eigenvalue weighted by molar-refractivity contribution is -0.138. The Morgan fingerprint density at radius 1 is 1.08 bits per heavy atom. The van der Waals surface area contributed by atoms with Gasteiger partial charge in [-0.15, -0.1) is 0 Å². The number of nitrogens with one attached hydrogen (secondary N) is 1. The van der Waals surface area contributed by atoms with Gasteiger partial charge in [-0.2, -0.15) is 26.3 Å². The first-order valence-corrected chi connectivity index (χ1v) is 7.84. The summed E-state index contributed by atoms with van der Waals surface area (Å²) in [4.78, 5) is 1.85. The van der Waals surface area contributed by atoms with Crippen LogP contribution in [0.3, 0.4) is 0 Å². The summed E-state index contributed by atoms with van der Waals surface area (Å²) in [5.41, 5.74) is -0.609. The molecule has 0 saturated carbocycles. The van der Waals surface area contributed by atoms with Crippen molar-refractivity contribution in [2.45, 2.75) is 31.2 Å². The highest BCUT2D eigenvalue weighted by atomic mass is 35.5. The molecule has 0 unspecified atom stereocenters. The molecule has 1 aliphatic rings. The van der Waals surface area contributed by atoms with Crippen LogP contribution in [0.5, 0.6) is 0 Å². The fourth-order valence-corrected chi connectivity index (χ4v) is 3.12. The first kappa shape index (κ1) is 19.3. The molecule has 0 radical (unpaired) electrons. The first-order chi connectivity index (χ1) is 11.1. The molecule has 136 valence electrons. The monoisotopic (exact) mass is 374 g/mol. The second-order valence-corrected chi connectivity index (χ2v) is 6.10. The van der Waals surface area contributed by atoms with Gasteiger partial charge in [-0.25, -0.2) is 0 Å². The summed E-state index contributed by atoms with van der Waals surface area (Å²) in [6, 6.07) is 2.57. The van der Waals surface area contributed by atoms with E-state index in [4.69, 9.17) is 11.6 Å². The quantitative estimate of drug-likeness (QED) is 0.772. The molecule has 1 fully saturated rings. The smallest absolute Gasteiger partial charge is 0.314 e. The minimum atomic E-state index is -4.59. The van der Waals surface area contributed by atoms with Gasteiger partial charge in [-0.3, -0.25) is 4.90 Å². The second-order valence-electron chi connectivity index (χ2n) is 5.69. The number of halogens is 7. The maximum Gasteiger partial charge on any atom is 0.417 e. The fraction of sp³-hybridized carbons (Fsp3) is 0.600. The van der Waals surface area contributed by atoms with Crippen LogP contribution in [0.2, 0.25) is 5.02 Å². The van der Waals surface area contributed by atoms with Gasteiger partial charge in [0.1, 0.15) is 0 Å². The number of nitrogens with zero attached hydrogens (tertiary/aromatic N) is 1. The summed E-state index contributed by atoms with van der Waals surface area (Å²) in [6.07, 6.45) is -10.1. The normalized spacial score (nSPS) is 18.6. The Labute approximate surface area is 140 Å². The van der Waals surface area contributed by atoms with Crippen molar-refractivity contribution in [3.8, 4) is 0 Å². The minimum absolute atomic E-state index is 0.217. The average Bonchev–Trinajstić information content (AvgIpc) is 2.46. The molecule has 0 aromatic heterocycles. The van der Waals surface area contributed by atoms with E-state index in [2.05, 4.69) is 5.32 Å². The van der Waals surface area contributed by atoms with Gasteiger partial charge in [-0.1, -0.05) is 17.7 Å². The highest BCUT2D eigenvalue weighted by Gasteiger charge is 2.35. The number of benzene rings is 1. The van der Waals surface area contributed by atoms with Gasteiger partial charge < -0.3 is 5.32 Å². The van der Waals surface area contributed by atoms with Crippen LogP contribution in [-0.4, -0.2) is 37.3 Å². The third-order valence-electron chi connectivity index (χ3n) is 3.98. The lowest BCUT2D eigenvalue weighted by Crippen LogP contribution is -2.45. The number of piperazine rings is 1. The molecule has 0 bridgehead atoms. The number of hydrogen-bond acceptors (Lipinski definition) is 2. The first-order valence-electron chi connectivity index (χ1n) is 7.46. The van der Waals surface area contributed by atoms with Crippen molar-refractivity contribution in [3.05, 3.63) is 34.3 Å². The van der Waals surface area contributed by atoms with Crippen LogP contribution >= 0.6 is 11.6 Å². The Balaban J connectivity index is 2.26. The summed E-state index contributed by atoms with van der Waals surface area (Å²) in [7, 11) is 0. The molecule has 0 aliphatic carbocycles. The molecular weight excluding hydrogens is 358 g/mol. The molecule has 0 amide bonds. The Bertz CT molecular complexity index is 552. The van der Waals surface area contributed by atoms with Crippen LogP contribution in [0.25, 0.3) is 0 Å². The summed E-state index contributed by atoms with van der Waals surface area (Å²) in [5.74, 6) is 0. The van der Waals surface area contributed by atoms with Gasteiger partial charge in [0.25, 0.3) is 0 Å².